The van der Waals surface area contributed by atoms with E-state index in [2.05, 4.69) is 22.9 Å². The third-order valence-corrected chi connectivity index (χ3v) is 3.23. The topological polar surface area (TPSA) is 0 Å². The second kappa shape index (κ2) is 3.07. The summed E-state index contributed by atoms with van der Waals surface area (Å²) in [6.07, 6.45) is 0. The highest BCUT2D eigenvalue weighted by Crippen LogP contribution is 2.27. The summed E-state index contributed by atoms with van der Waals surface area (Å²) in [6.45, 7) is 7.93. The summed E-state index contributed by atoms with van der Waals surface area (Å²) in [7, 11) is 0. The molecule has 0 saturated heterocycles. The lowest BCUT2D eigenvalue weighted by Gasteiger charge is -2.23. The molecule has 2 heteroatoms. The molecule has 0 aromatic rings. The lowest BCUT2D eigenvalue weighted by molar-refractivity contribution is 0.569. The SMILES string of the molecule is [CH2]C(C)C(C)(Br)CCl. The Labute approximate surface area is 64.7 Å². The van der Waals surface area contributed by atoms with Gasteiger partial charge in [-0.2, -0.15) is 0 Å². The van der Waals surface area contributed by atoms with E-state index in [1.165, 1.54) is 0 Å². The van der Waals surface area contributed by atoms with Crippen LogP contribution >= 0.6 is 27.5 Å². The fourth-order valence-corrected chi connectivity index (χ4v) is 0.395. The fraction of sp³-hybridized carbons (Fsp3) is 0.833. The lowest BCUT2D eigenvalue weighted by atomic mass is 10.0. The molecule has 2 atom stereocenters. The lowest BCUT2D eigenvalue weighted by Crippen LogP contribution is -2.25. The van der Waals surface area contributed by atoms with Gasteiger partial charge < -0.3 is 0 Å². The molecule has 1 radical (unpaired) electrons. The van der Waals surface area contributed by atoms with Crippen LogP contribution in [0.5, 0.6) is 0 Å². The molecule has 0 aliphatic heterocycles. The minimum atomic E-state index is 0.00849. The highest BCUT2D eigenvalue weighted by molar-refractivity contribution is 9.10. The van der Waals surface area contributed by atoms with Crippen LogP contribution in [-0.2, 0) is 0 Å². The third-order valence-electron chi connectivity index (χ3n) is 1.29. The zero-order valence-electron chi connectivity index (χ0n) is 5.25. The van der Waals surface area contributed by atoms with Gasteiger partial charge in [0.2, 0.25) is 0 Å². The minimum Gasteiger partial charge on any atom is -0.125 e. The van der Waals surface area contributed by atoms with Crippen LogP contribution in [-0.4, -0.2) is 10.2 Å². The van der Waals surface area contributed by atoms with Crippen LogP contribution in [0, 0.1) is 12.8 Å². The highest BCUT2D eigenvalue weighted by atomic mass is 79.9. The summed E-state index contributed by atoms with van der Waals surface area (Å²) in [5.74, 6) is 0.956. The first kappa shape index (κ1) is 8.77. The average Bonchev–Trinajstić information content (AvgIpc) is 1.67. The van der Waals surface area contributed by atoms with Crippen molar-refractivity contribution in [3.8, 4) is 0 Å². The molecule has 0 N–H and O–H groups in total. The molecule has 8 heavy (non-hydrogen) atoms. The summed E-state index contributed by atoms with van der Waals surface area (Å²) in [5, 5.41) is 0. The molecular weight excluding hydrogens is 187 g/mol. The van der Waals surface area contributed by atoms with Crippen LogP contribution in [0.4, 0.5) is 0 Å². The Morgan fingerprint density at radius 2 is 2.25 bits per heavy atom. The van der Waals surface area contributed by atoms with E-state index >= 15 is 0 Å². The first-order valence-corrected chi connectivity index (χ1v) is 3.91. The molecule has 0 aliphatic carbocycles. The van der Waals surface area contributed by atoms with Crippen molar-refractivity contribution in [3.63, 3.8) is 0 Å². The van der Waals surface area contributed by atoms with Crippen molar-refractivity contribution >= 4 is 27.5 Å². The number of hydrogen-bond acceptors (Lipinski definition) is 0. The Balaban J connectivity index is 3.71. The van der Waals surface area contributed by atoms with Crippen molar-refractivity contribution in [1.82, 2.24) is 0 Å². The van der Waals surface area contributed by atoms with E-state index in [9.17, 15) is 0 Å². The van der Waals surface area contributed by atoms with Gasteiger partial charge in [-0.3, -0.25) is 0 Å². The zero-order valence-corrected chi connectivity index (χ0v) is 7.59. The second-order valence-corrected chi connectivity index (χ2v) is 4.39. The van der Waals surface area contributed by atoms with E-state index in [0.717, 1.165) is 0 Å². The molecule has 0 heterocycles. The fourth-order valence-electron chi connectivity index (χ4n) is 0.132. The summed E-state index contributed by atoms with van der Waals surface area (Å²) < 4.78 is 0.00849. The van der Waals surface area contributed by atoms with Crippen LogP contribution in [0.15, 0.2) is 0 Å². The summed E-state index contributed by atoms with van der Waals surface area (Å²) >= 11 is 9.05. The Kier molecular flexibility index (Phi) is 3.37. The summed E-state index contributed by atoms with van der Waals surface area (Å²) in [5.41, 5.74) is 0. The quantitative estimate of drug-likeness (QED) is 0.599. The monoisotopic (exact) mass is 197 g/mol. The van der Waals surface area contributed by atoms with E-state index < -0.39 is 0 Å². The number of hydrogen-bond donors (Lipinski definition) is 0. The van der Waals surface area contributed by atoms with Crippen molar-refractivity contribution < 1.29 is 0 Å². The predicted octanol–water partition coefficient (Wildman–Crippen LogP) is 2.85. The van der Waals surface area contributed by atoms with Crippen molar-refractivity contribution in [3.05, 3.63) is 6.92 Å². The first-order valence-electron chi connectivity index (χ1n) is 2.58. The molecule has 0 fully saturated rings. The summed E-state index contributed by atoms with van der Waals surface area (Å²) in [4.78, 5) is 0. The van der Waals surface area contributed by atoms with Gasteiger partial charge in [-0.05, 0) is 19.8 Å². The van der Waals surface area contributed by atoms with Gasteiger partial charge in [-0.1, -0.05) is 22.9 Å². The van der Waals surface area contributed by atoms with Crippen molar-refractivity contribution in [2.75, 3.05) is 5.88 Å². The van der Waals surface area contributed by atoms with Gasteiger partial charge in [0, 0.05) is 10.2 Å². The second-order valence-electron chi connectivity index (χ2n) is 2.31. The van der Waals surface area contributed by atoms with Gasteiger partial charge in [-0.15, -0.1) is 11.6 Å². The molecule has 0 bridgehead atoms. The predicted molar refractivity (Wildman–Crippen MR) is 42.6 cm³/mol. The largest absolute Gasteiger partial charge is 0.125 e. The molecule has 0 spiro atoms. The molecule has 0 amide bonds. The highest BCUT2D eigenvalue weighted by Gasteiger charge is 2.22. The van der Waals surface area contributed by atoms with E-state index in [4.69, 9.17) is 11.6 Å². The Morgan fingerprint density at radius 3 is 2.25 bits per heavy atom. The molecule has 0 rings (SSSR count). The van der Waals surface area contributed by atoms with Gasteiger partial charge in [0.15, 0.2) is 0 Å². The van der Waals surface area contributed by atoms with E-state index in [1.54, 1.807) is 0 Å². The molecule has 0 aliphatic rings. The van der Waals surface area contributed by atoms with Gasteiger partial charge in [0.05, 0.1) is 0 Å². The third kappa shape index (κ3) is 2.36. The smallest absolute Gasteiger partial charge is 0.0390 e. The molecule has 0 aromatic carbocycles. The molecule has 49 valence electrons. The van der Waals surface area contributed by atoms with Crippen LogP contribution in [0.3, 0.4) is 0 Å². The summed E-state index contributed by atoms with van der Waals surface area (Å²) in [6, 6.07) is 0. The van der Waals surface area contributed by atoms with Crippen molar-refractivity contribution in [2.24, 2.45) is 5.92 Å². The van der Waals surface area contributed by atoms with E-state index in [-0.39, 0.29) is 4.32 Å². The first-order chi connectivity index (χ1) is 3.50. The molecule has 2 unspecified atom stereocenters. The maximum Gasteiger partial charge on any atom is 0.0390 e. The normalized spacial score (nSPS) is 18.8. The average molecular weight is 199 g/mol. The number of alkyl halides is 2. The van der Waals surface area contributed by atoms with Gasteiger partial charge in [0.1, 0.15) is 0 Å². The van der Waals surface area contributed by atoms with E-state index in [1.807, 2.05) is 13.8 Å². The number of rotatable bonds is 2. The van der Waals surface area contributed by atoms with Crippen LogP contribution in [0.2, 0.25) is 0 Å². The maximum atomic E-state index is 5.60. The number of halogens is 2. The molecule has 0 saturated carbocycles. The minimum absolute atomic E-state index is 0.00849. The van der Waals surface area contributed by atoms with Crippen LogP contribution < -0.4 is 0 Å². The Morgan fingerprint density at radius 1 is 1.88 bits per heavy atom. The molecular formula is C6H11BrCl. The molecule has 0 aromatic heterocycles. The van der Waals surface area contributed by atoms with Gasteiger partial charge in [-0.25, -0.2) is 0 Å². The Hall–Kier alpha value is 0.770. The van der Waals surface area contributed by atoms with Gasteiger partial charge >= 0.3 is 0 Å². The van der Waals surface area contributed by atoms with Crippen LogP contribution in [0.1, 0.15) is 13.8 Å². The van der Waals surface area contributed by atoms with Crippen LogP contribution in [0.25, 0.3) is 0 Å². The standard InChI is InChI=1S/C6H11BrCl/c1-5(2)6(3,7)4-8/h5H,1,4H2,2-3H3. The molecule has 0 nitrogen and oxygen atoms in total. The Bertz CT molecular complexity index is 68.9. The maximum absolute atomic E-state index is 5.60. The van der Waals surface area contributed by atoms with Gasteiger partial charge in [0.25, 0.3) is 0 Å². The van der Waals surface area contributed by atoms with E-state index in [0.29, 0.717) is 11.8 Å². The van der Waals surface area contributed by atoms with Crippen molar-refractivity contribution in [2.45, 2.75) is 18.2 Å². The van der Waals surface area contributed by atoms with Crippen molar-refractivity contribution in [1.29, 1.82) is 0 Å². The zero-order chi connectivity index (χ0) is 6.78.